The van der Waals surface area contributed by atoms with E-state index in [1.807, 2.05) is 61.7 Å². The summed E-state index contributed by atoms with van der Waals surface area (Å²) >= 11 is 1.68. The number of fused-ring (bicyclic) bond motifs is 1. The molecule has 28 heavy (non-hydrogen) atoms. The predicted octanol–water partition coefficient (Wildman–Crippen LogP) is 3.87. The second-order valence-corrected chi connectivity index (χ2v) is 7.50. The Balaban J connectivity index is 1.68. The van der Waals surface area contributed by atoms with Gasteiger partial charge in [-0.3, -0.25) is 4.68 Å². The van der Waals surface area contributed by atoms with Crippen molar-refractivity contribution in [1.82, 2.24) is 28.9 Å². The van der Waals surface area contributed by atoms with Gasteiger partial charge in [0.1, 0.15) is 17.1 Å². The number of pyridine rings is 1. The number of hydrogen-bond acceptors (Lipinski definition) is 5. The Bertz CT molecular complexity index is 1280. The molecule has 5 aromatic heterocycles. The summed E-state index contributed by atoms with van der Waals surface area (Å²) in [6, 6.07) is 6.13. The van der Waals surface area contributed by atoms with E-state index < -0.39 is 0 Å². The van der Waals surface area contributed by atoms with E-state index >= 15 is 0 Å². The molecule has 0 saturated heterocycles. The van der Waals surface area contributed by atoms with E-state index in [0.29, 0.717) is 0 Å². The van der Waals surface area contributed by atoms with Crippen molar-refractivity contribution >= 4 is 16.9 Å². The molecule has 7 nitrogen and oxygen atoms in total. The van der Waals surface area contributed by atoms with Crippen molar-refractivity contribution in [2.45, 2.75) is 0 Å². The van der Waals surface area contributed by atoms with Crippen molar-refractivity contribution in [2.75, 3.05) is 7.11 Å². The van der Waals surface area contributed by atoms with Gasteiger partial charge in [0.05, 0.1) is 36.3 Å². The number of aryl methyl sites for hydroxylation is 1. The van der Waals surface area contributed by atoms with Crippen LogP contribution in [0.2, 0.25) is 0 Å². The van der Waals surface area contributed by atoms with E-state index in [-0.39, 0.29) is 0 Å². The minimum Gasteiger partial charge on any atom is -0.494 e. The lowest BCUT2D eigenvalue weighted by atomic mass is 10.1. The Morgan fingerprint density at radius 3 is 2.64 bits per heavy atom. The van der Waals surface area contributed by atoms with E-state index in [2.05, 4.69) is 31.2 Å². The van der Waals surface area contributed by atoms with Crippen LogP contribution in [0.5, 0.6) is 5.75 Å². The molecule has 8 heteroatoms. The second-order valence-electron chi connectivity index (χ2n) is 6.55. The topological polar surface area (TPSA) is 62.2 Å². The first-order chi connectivity index (χ1) is 13.7. The van der Waals surface area contributed by atoms with Gasteiger partial charge in [-0.1, -0.05) is 6.07 Å². The summed E-state index contributed by atoms with van der Waals surface area (Å²) < 4.78 is 11.5. The van der Waals surface area contributed by atoms with Gasteiger partial charge in [-0.05, 0) is 17.5 Å². The zero-order valence-electron chi connectivity index (χ0n) is 15.7. The second kappa shape index (κ2) is 6.35. The fourth-order valence-electron chi connectivity index (χ4n) is 3.45. The van der Waals surface area contributed by atoms with Crippen LogP contribution in [0.15, 0.2) is 54.6 Å². The first kappa shape index (κ1) is 16.8. The van der Waals surface area contributed by atoms with Crippen LogP contribution in [0.25, 0.3) is 38.6 Å². The number of aromatic nitrogens is 6. The van der Waals surface area contributed by atoms with Gasteiger partial charge in [-0.25, -0.2) is 9.50 Å². The lowest BCUT2D eigenvalue weighted by Gasteiger charge is -2.09. The average Bonchev–Trinajstić information content (AvgIpc) is 3.47. The number of rotatable bonds is 4. The monoisotopic (exact) mass is 390 g/mol. The Morgan fingerprint density at radius 2 is 1.93 bits per heavy atom. The van der Waals surface area contributed by atoms with Gasteiger partial charge in [0.15, 0.2) is 0 Å². The van der Waals surface area contributed by atoms with E-state index in [1.165, 1.54) is 0 Å². The van der Waals surface area contributed by atoms with E-state index in [4.69, 9.17) is 4.74 Å². The first-order valence-electron chi connectivity index (χ1n) is 8.76. The van der Waals surface area contributed by atoms with Gasteiger partial charge >= 0.3 is 0 Å². The third-order valence-electron chi connectivity index (χ3n) is 4.84. The molecule has 0 unspecified atom stereocenters. The molecule has 0 aliphatic rings. The standard InChI is InChI=1S/C20H18N6OS/c1-24-11-14(8-22-24)13-7-17(27-3)19-15(9-23-26(19)12-13)16-10-21-20(25(16)2)18-5-4-6-28-18/h4-12H,1-3H3. The molecule has 5 rings (SSSR count). The maximum Gasteiger partial charge on any atom is 0.150 e. The van der Waals surface area contributed by atoms with Crippen LogP contribution in [0.4, 0.5) is 0 Å². The fraction of sp³-hybridized carbons (Fsp3) is 0.150. The molecule has 0 aliphatic carbocycles. The van der Waals surface area contributed by atoms with Gasteiger partial charge in [0.25, 0.3) is 0 Å². The molecule has 0 atom stereocenters. The molecule has 0 radical (unpaired) electrons. The summed E-state index contributed by atoms with van der Waals surface area (Å²) in [5, 5.41) is 10.9. The van der Waals surface area contributed by atoms with Gasteiger partial charge in [0.2, 0.25) is 0 Å². The number of ether oxygens (including phenoxy) is 1. The van der Waals surface area contributed by atoms with Crippen LogP contribution in [0, 0.1) is 0 Å². The van der Waals surface area contributed by atoms with Crippen LogP contribution < -0.4 is 4.74 Å². The van der Waals surface area contributed by atoms with E-state index in [0.717, 1.165) is 44.4 Å². The SMILES string of the molecule is COc1cc(-c2cnn(C)c2)cn2ncc(-c3cnc(-c4cccs4)n3C)c12. The molecular formula is C20H18N6OS. The summed E-state index contributed by atoms with van der Waals surface area (Å²) in [6.45, 7) is 0. The highest BCUT2D eigenvalue weighted by atomic mass is 32.1. The number of methoxy groups -OCH3 is 1. The zero-order chi connectivity index (χ0) is 19.3. The molecule has 0 spiro atoms. The van der Waals surface area contributed by atoms with Gasteiger partial charge in [-0.2, -0.15) is 10.2 Å². The van der Waals surface area contributed by atoms with Crippen molar-refractivity contribution in [3.05, 3.63) is 54.6 Å². The van der Waals surface area contributed by atoms with Crippen LogP contribution in [-0.4, -0.2) is 36.1 Å². The Morgan fingerprint density at radius 1 is 1.04 bits per heavy atom. The number of nitrogens with zero attached hydrogens (tertiary/aromatic N) is 6. The summed E-state index contributed by atoms with van der Waals surface area (Å²) in [4.78, 5) is 5.76. The number of imidazole rings is 1. The minimum atomic E-state index is 0.757. The minimum absolute atomic E-state index is 0.757. The molecule has 140 valence electrons. The van der Waals surface area contributed by atoms with Gasteiger partial charge in [-0.15, -0.1) is 11.3 Å². The lowest BCUT2D eigenvalue weighted by Crippen LogP contribution is -1.96. The first-order valence-corrected chi connectivity index (χ1v) is 9.64. The average molecular weight is 390 g/mol. The van der Waals surface area contributed by atoms with Crippen LogP contribution in [0.3, 0.4) is 0 Å². The quantitative estimate of drug-likeness (QED) is 0.467. The number of thiophene rings is 1. The largest absolute Gasteiger partial charge is 0.494 e. The molecule has 0 fully saturated rings. The van der Waals surface area contributed by atoms with Crippen molar-refractivity contribution in [1.29, 1.82) is 0 Å². The molecule has 0 aromatic carbocycles. The predicted molar refractivity (Wildman–Crippen MR) is 109 cm³/mol. The van der Waals surface area contributed by atoms with Crippen molar-refractivity contribution in [3.8, 4) is 38.8 Å². The van der Waals surface area contributed by atoms with E-state index in [1.54, 1.807) is 23.1 Å². The zero-order valence-corrected chi connectivity index (χ0v) is 16.5. The highest BCUT2D eigenvalue weighted by Gasteiger charge is 2.19. The molecule has 5 aromatic rings. The van der Waals surface area contributed by atoms with Gasteiger partial charge < -0.3 is 9.30 Å². The smallest absolute Gasteiger partial charge is 0.150 e. The van der Waals surface area contributed by atoms with Gasteiger partial charge in [0, 0.05) is 43.2 Å². The maximum atomic E-state index is 5.72. The molecule has 0 N–H and O–H groups in total. The highest BCUT2D eigenvalue weighted by Crippen LogP contribution is 2.36. The lowest BCUT2D eigenvalue weighted by molar-refractivity contribution is 0.418. The van der Waals surface area contributed by atoms with E-state index in [9.17, 15) is 0 Å². The van der Waals surface area contributed by atoms with Crippen molar-refractivity contribution < 1.29 is 4.74 Å². The molecule has 0 amide bonds. The molecule has 0 bridgehead atoms. The molecule has 5 heterocycles. The van der Waals surface area contributed by atoms with Crippen LogP contribution >= 0.6 is 11.3 Å². The third-order valence-corrected chi connectivity index (χ3v) is 5.71. The van der Waals surface area contributed by atoms with Crippen LogP contribution in [0.1, 0.15) is 0 Å². The molecule has 0 aliphatic heterocycles. The Kier molecular flexibility index (Phi) is 3.80. The fourth-order valence-corrected chi connectivity index (χ4v) is 4.21. The maximum absolute atomic E-state index is 5.72. The number of hydrogen-bond donors (Lipinski definition) is 0. The summed E-state index contributed by atoms with van der Waals surface area (Å²) in [5.74, 6) is 1.70. The van der Waals surface area contributed by atoms with Crippen molar-refractivity contribution in [3.63, 3.8) is 0 Å². The molecule has 0 saturated carbocycles. The van der Waals surface area contributed by atoms with Crippen LogP contribution in [-0.2, 0) is 14.1 Å². The molecular weight excluding hydrogens is 372 g/mol. The van der Waals surface area contributed by atoms with Crippen molar-refractivity contribution in [2.24, 2.45) is 14.1 Å². The summed E-state index contributed by atoms with van der Waals surface area (Å²) in [5.41, 5.74) is 4.89. The third kappa shape index (κ3) is 2.53. The Labute approximate surface area is 165 Å². The normalized spacial score (nSPS) is 11.4. The summed E-state index contributed by atoms with van der Waals surface area (Å²) in [6.07, 6.45) is 9.55. The highest BCUT2D eigenvalue weighted by molar-refractivity contribution is 7.13. The Hall–Kier alpha value is -3.39. The summed E-state index contributed by atoms with van der Waals surface area (Å²) in [7, 11) is 5.61.